The Hall–Kier alpha value is -2.96. The van der Waals surface area contributed by atoms with E-state index in [0.717, 1.165) is 32.1 Å². The van der Waals surface area contributed by atoms with Gasteiger partial charge in [0.25, 0.3) is 0 Å². The first kappa shape index (κ1) is 21.7. The molecule has 0 saturated carbocycles. The fraction of sp³-hybridized carbons (Fsp3) is 0.478. The summed E-state index contributed by atoms with van der Waals surface area (Å²) in [6.07, 6.45) is 10.2. The Balaban J connectivity index is 0.000000172. The van der Waals surface area contributed by atoms with Crippen molar-refractivity contribution in [1.29, 1.82) is 0 Å². The van der Waals surface area contributed by atoms with Gasteiger partial charge in [0.15, 0.2) is 0 Å². The predicted molar refractivity (Wildman–Crippen MR) is 109 cm³/mol. The van der Waals surface area contributed by atoms with Crippen LogP contribution in [0.15, 0.2) is 24.5 Å². The second-order valence-corrected chi connectivity index (χ2v) is 7.20. The van der Waals surface area contributed by atoms with Crippen LogP contribution >= 0.6 is 0 Å². The zero-order chi connectivity index (χ0) is 21.5. The number of fused-ring (bicyclic) bond motifs is 2. The van der Waals surface area contributed by atoms with Gasteiger partial charge in [-0.05, 0) is 75.1 Å². The molecule has 0 atom stereocenters. The van der Waals surface area contributed by atoms with Gasteiger partial charge in [0.2, 0.25) is 6.20 Å². The van der Waals surface area contributed by atoms with Gasteiger partial charge in [-0.2, -0.15) is 0 Å². The van der Waals surface area contributed by atoms with E-state index in [1.165, 1.54) is 33.4 Å². The summed E-state index contributed by atoms with van der Waals surface area (Å²) >= 11 is 0. The van der Waals surface area contributed by atoms with Crippen LogP contribution in [0, 0.1) is 0 Å². The number of pyridine rings is 2. The maximum absolute atomic E-state index is 11.7. The van der Waals surface area contributed by atoms with Gasteiger partial charge in [0, 0.05) is 22.6 Å². The third-order valence-electron chi connectivity index (χ3n) is 5.27. The number of nitrogens with zero attached hydrogens (tertiary/aromatic N) is 2. The zero-order valence-corrected chi connectivity index (χ0v) is 17.9. The van der Waals surface area contributed by atoms with Crippen LogP contribution in [-0.4, -0.2) is 37.2 Å². The number of rotatable bonds is 5. The lowest BCUT2D eigenvalue weighted by Gasteiger charge is -2.03. The molecule has 4 rings (SSSR count). The molecule has 0 amide bonds. The van der Waals surface area contributed by atoms with E-state index in [-0.39, 0.29) is 11.9 Å². The van der Waals surface area contributed by atoms with Crippen LogP contribution in [0.5, 0.6) is 0 Å². The molecule has 7 nitrogen and oxygen atoms in total. The van der Waals surface area contributed by atoms with Crippen LogP contribution in [0.25, 0.3) is 0 Å². The average Bonchev–Trinajstić information content (AvgIpc) is 3.41. The second-order valence-electron chi connectivity index (χ2n) is 7.20. The summed E-state index contributed by atoms with van der Waals surface area (Å²) in [6, 6.07) is 3.74. The molecular weight excluding hydrogens is 384 g/mol. The molecule has 0 radical (unpaired) electrons. The van der Waals surface area contributed by atoms with Crippen molar-refractivity contribution < 1.29 is 28.6 Å². The number of ether oxygens (including phenoxy) is 2. The maximum atomic E-state index is 11.7. The van der Waals surface area contributed by atoms with Gasteiger partial charge in [-0.1, -0.05) is 0 Å². The van der Waals surface area contributed by atoms with Gasteiger partial charge < -0.3 is 9.47 Å². The van der Waals surface area contributed by atoms with Gasteiger partial charge >= 0.3 is 17.6 Å². The monoisotopic (exact) mass is 413 g/mol. The highest BCUT2D eigenvalue weighted by Gasteiger charge is 2.27. The third kappa shape index (κ3) is 4.96. The van der Waals surface area contributed by atoms with Crippen molar-refractivity contribution in [3.8, 4) is 0 Å². The van der Waals surface area contributed by atoms with Crippen molar-refractivity contribution >= 4 is 11.9 Å². The number of aromatic nitrogens is 2. The molecule has 2 aliphatic rings. The molecule has 2 aromatic rings. The van der Waals surface area contributed by atoms with Gasteiger partial charge in [-0.25, -0.2) is 14.6 Å². The quantitative estimate of drug-likeness (QED) is 0.553. The van der Waals surface area contributed by atoms with E-state index in [9.17, 15) is 9.59 Å². The van der Waals surface area contributed by atoms with Gasteiger partial charge in [-0.3, -0.25) is 4.84 Å². The molecule has 0 fully saturated rings. The number of carbonyl (C=O) groups excluding carboxylic acids is 2. The second kappa shape index (κ2) is 10.2. The summed E-state index contributed by atoms with van der Waals surface area (Å²) in [5.41, 5.74) is 5.92. The number of hydrogen-bond acceptors (Lipinski definition) is 6. The summed E-state index contributed by atoms with van der Waals surface area (Å²) in [4.78, 5) is 32.3. The highest BCUT2D eigenvalue weighted by Crippen LogP contribution is 2.22. The third-order valence-corrected chi connectivity index (χ3v) is 5.27. The first-order valence-corrected chi connectivity index (χ1v) is 10.5. The Morgan fingerprint density at radius 2 is 1.50 bits per heavy atom. The summed E-state index contributed by atoms with van der Waals surface area (Å²) in [7, 11) is 1.55. The van der Waals surface area contributed by atoms with Crippen LogP contribution in [0.3, 0.4) is 0 Å². The Morgan fingerprint density at radius 1 is 0.900 bits per heavy atom. The van der Waals surface area contributed by atoms with Crippen LogP contribution in [-0.2, 0) is 35.2 Å². The highest BCUT2D eigenvalue weighted by atomic mass is 16.6. The van der Waals surface area contributed by atoms with E-state index in [1.807, 2.05) is 18.3 Å². The summed E-state index contributed by atoms with van der Waals surface area (Å²) in [6.45, 7) is 4.37. The summed E-state index contributed by atoms with van der Waals surface area (Å²) in [5, 5.41) is 0. The lowest BCUT2D eigenvalue weighted by atomic mass is 10.1. The number of carbonyl (C=O) groups is 2. The molecule has 30 heavy (non-hydrogen) atoms. The predicted octanol–water partition coefficient (Wildman–Crippen LogP) is 2.44. The van der Waals surface area contributed by atoms with Gasteiger partial charge in [0.1, 0.15) is 12.8 Å². The molecule has 0 spiro atoms. The smallest absolute Gasteiger partial charge is 0.408 e. The van der Waals surface area contributed by atoms with E-state index < -0.39 is 0 Å². The minimum Gasteiger partial charge on any atom is -0.461 e. The topological polar surface area (TPSA) is 78.6 Å². The van der Waals surface area contributed by atoms with Crippen molar-refractivity contribution in [3.05, 3.63) is 58.2 Å². The number of aryl methyl sites for hydroxylation is 4. The minimum atomic E-state index is -0.334. The maximum Gasteiger partial charge on any atom is 0.408 e. The molecule has 0 bridgehead atoms. The minimum absolute atomic E-state index is 0.317. The standard InChI is InChI=1S/C12H16NO3.C11H13NO2/c1-3-16-12(14)11-7-9-5-4-6-10(9)8-13(11)15-2;1-2-14-11(13)10-6-8-4-3-5-9(8)7-12-10/h7-8H,3-6H2,1-2H3;6-7H,2-5H2,1H3/q+1;. The highest BCUT2D eigenvalue weighted by molar-refractivity contribution is 5.87. The van der Waals surface area contributed by atoms with E-state index in [2.05, 4.69) is 4.98 Å². The van der Waals surface area contributed by atoms with Gasteiger partial charge in [-0.15, -0.1) is 0 Å². The summed E-state index contributed by atoms with van der Waals surface area (Å²) < 4.78 is 11.4. The lowest BCUT2D eigenvalue weighted by molar-refractivity contribution is -0.887. The Bertz CT molecular complexity index is 926. The van der Waals surface area contributed by atoms with Crippen molar-refractivity contribution in [1.82, 2.24) is 4.98 Å². The first-order chi connectivity index (χ1) is 14.6. The fourth-order valence-electron chi connectivity index (χ4n) is 3.82. The molecule has 0 N–H and O–H groups in total. The Kier molecular flexibility index (Phi) is 7.38. The first-order valence-electron chi connectivity index (χ1n) is 10.5. The summed E-state index contributed by atoms with van der Waals surface area (Å²) in [5.74, 6) is -0.652. The van der Waals surface area contributed by atoms with Crippen molar-refractivity contribution in [3.63, 3.8) is 0 Å². The number of hydrogen-bond donors (Lipinski definition) is 0. The van der Waals surface area contributed by atoms with Crippen molar-refractivity contribution in [2.75, 3.05) is 20.3 Å². The van der Waals surface area contributed by atoms with Crippen LogP contribution in [0.1, 0.15) is 69.9 Å². The lowest BCUT2D eigenvalue weighted by Crippen LogP contribution is -2.46. The van der Waals surface area contributed by atoms with Crippen molar-refractivity contribution in [2.45, 2.75) is 52.4 Å². The Morgan fingerprint density at radius 3 is 2.17 bits per heavy atom. The SMILES string of the molecule is CCOC(=O)c1cc2c(c[n+]1OC)CCC2.CCOC(=O)c1cc2c(cn1)CCC2. The van der Waals surface area contributed by atoms with E-state index in [4.69, 9.17) is 14.3 Å². The molecular formula is C23H29N2O5+. The average molecular weight is 413 g/mol. The zero-order valence-electron chi connectivity index (χ0n) is 17.9. The molecule has 2 heterocycles. The molecule has 7 heteroatoms. The molecule has 0 unspecified atom stereocenters. The molecule has 0 aliphatic heterocycles. The van der Waals surface area contributed by atoms with E-state index >= 15 is 0 Å². The normalized spacial score (nSPS) is 13.6. The molecule has 0 aromatic carbocycles. The Labute approximate surface area is 176 Å². The fourth-order valence-corrected chi connectivity index (χ4v) is 3.82. The molecule has 2 aliphatic carbocycles. The molecule has 160 valence electrons. The van der Waals surface area contributed by atoms with E-state index in [0.29, 0.717) is 24.6 Å². The van der Waals surface area contributed by atoms with E-state index in [1.54, 1.807) is 27.2 Å². The van der Waals surface area contributed by atoms with Crippen LogP contribution in [0.2, 0.25) is 0 Å². The molecule has 2 aromatic heterocycles. The largest absolute Gasteiger partial charge is 0.461 e. The van der Waals surface area contributed by atoms with Crippen LogP contribution < -0.4 is 9.57 Å². The number of esters is 2. The van der Waals surface area contributed by atoms with Crippen LogP contribution in [0.4, 0.5) is 0 Å². The molecule has 0 saturated heterocycles. The van der Waals surface area contributed by atoms with Crippen molar-refractivity contribution in [2.24, 2.45) is 0 Å². The van der Waals surface area contributed by atoms with Gasteiger partial charge in [0.05, 0.1) is 13.2 Å².